The molecule has 0 aliphatic heterocycles. The molecule has 8 heteroatoms. The molecular weight excluding hydrogens is 364 g/mol. The summed E-state index contributed by atoms with van der Waals surface area (Å²) in [6.45, 7) is 10.7. The van der Waals surface area contributed by atoms with Crippen molar-refractivity contribution in [3.63, 3.8) is 0 Å². The van der Waals surface area contributed by atoms with Crippen LogP contribution in [0.15, 0.2) is 0 Å². The maximum absolute atomic E-state index is 12.6. The number of carboxylic acid groups (broad SMARTS) is 1. The van der Waals surface area contributed by atoms with Gasteiger partial charge >= 0.3 is 18.0 Å². The summed E-state index contributed by atoms with van der Waals surface area (Å²) in [7, 11) is 0. The first-order valence-electron chi connectivity index (χ1n) is 9.93. The van der Waals surface area contributed by atoms with E-state index in [1.165, 1.54) is 0 Å². The van der Waals surface area contributed by atoms with Crippen molar-refractivity contribution in [1.29, 1.82) is 0 Å². The minimum absolute atomic E-state index is 0.0544. The highest BCUT2D eigenvalue weighted by Crippen LogP contribution is 2.27. The van der Waals surface area contributed by atoms with E-state index in [4.69, 9.17) is 14.6 Å². The van der Waals surface area contributed by atoms with E-state index < -0.39 is 35.3 Å². The van der Waals surface area contributed by atoms with E-state index in [-0.39, 0.29) is 24.9 Å². The molecule has 3 N–H and O–H groups in total. The second-order valence-electron chi connectivity index (χ2n) is 9.45. The lowest BCUT2D eigenvalue weighted by Gasteiger charge is -2.32. The molecule has 1 fully saturated rings. The van der Waals surface area contributed by atoms with Crippen LogP contribution >= 0.6 is 0 Å². The van der Waals surface area contributed by atoms with E-state index in [9.17, 15) is 14.4 Å². The minimum Gasteiger partial charge on any atom is -0.481 e. The van der Waals surface area contributed by atoms with Gasteiger partial charge < -0.3 is 25.2 Å². The predicted octanol–water partition coefficient (Wildman–Crippen LogP) is 2.84. The number of ether oxygens (including phenoxy) is 2. The molecule has 28 heavy (non-hydrogen) atoms. The quantitative estimate of drug-likeness (QED) is 0.563. The standard InChI is InChI=1S/C20H36N2O6/c1-19(2,3)27-17(25)15(12-21-18(26)28-20(4,5)6)22-14-9-7-13(8-10-14)11-16(23)24/h13-15,22H,7-12H2,1-6H3,(H,21,26)(H,23,24). The Bertz CT molecular complexity index is 542. The largest absolute Gasteiger partial charge is 0.481 e. The molecule has 0 spiro atoms. The smallest absolute Gasteiger partial charge is 0.407 e. The SMILES string of the molecule is CC(C)(C)OC(=O)NCC(NC1CCC(CC(=O)O)CC1)C(=O)OC(C)(C)C. The second kappa shape index (κ2) is 10.1. The van der Waals surface area contributed by atoms with Gasteiger partial charge in [0.25, 0.3) is 0 Å². The third kappa shape index (κ3) is 10.5. The number of nitrogens with one attached hydrogen (secondary N) is 2. The van der Waals surface area contributed by atoms with E-state index in [0.29, 0.717) is 0 Å². The van der Waals surface area contributed by atoms with Crippen molar-refractivity contribution >= 4 is 18.0 Å². The third-order valence-corrected chi connectivity index (χ3v) is 4.29. The number of rotatable bonds is 7. The van der Waals surface area contributed by atoms with Gasteiger partial charge in [0.1, 0.15) is 17.2 Å². The van der Waals surface area contributed by atoms with Crippen LogP contribution in [0.2, 0.25) is 0 Å². The van der Waals surface area contributed by atoms with Gasteiger partial charge in [-0.15, -0.1) is 0 Å². The number of carbonyl (C=O) groups excluding carboxylic acids is 2. The summed E-state index contributed by atoms with van der Waals surface area (Å²) in [5.41, 5.74) is -1.26. The molecule has 0 heterocycles. The van der Waals surface area contributed by atoms with Crippen LogP contribution in [0.3, 0.4) is 0 Å². The molecule has 1 atom stereocenters. The van der Waals surface area contributed by atoms with Gasteiger partial charge in [-0.3, -0.25) is 9.59 Å². The zero-order chi connectivity index (χ0) is 21.5. The molecule has 0 radical (unpaired) electrons. The molecule has 0 aromatic carbocycles. The highest BCUT2D eigenvalue weighted by atomic mass is 16.6. The molecule has 1 unspecified atom stereocenters. The highest BCUT2D eigenvalue weighted by molar-refractivity contribution is 5.77. The predicted molar refractivity (Wildman–Crippen MR) is 105 cm³/mol. The molecule has 8 nitrogen and oxygen atoms in total. The number of alkyl carbamates (subject to hydrolysis) is 1. The van der Waals surface area contributed by atoms with Gasteiger partial charge in [-0.2, -0.15) is 0 Å². The lowest BCUT2D eigenvalue weighted by Crippen LogP contribution is -2.53. The van der Waals surface area contributed by atoms with Crippen LogP contribution in [0, 0.1) is 5.92 Å². The fourth-order valence-corrected chi connectivity index (χ4v) is 3.15. The highest BCUT2D eigenvalue weighted by Gasteiger charge is 2.30. The Hall–Kier alpha value is -1.83. The fourth-order valence-electron chi connectivity index (χ4n) is 3.15. The summed E-state index contributed by atoms with van der Waals surface area (Å²) in [6, 6.07) is -0.629. The average Bonchev–Trinajstić information content (AvgIpc) is 2.49. The van der Waals surface area contributed by atoms with Crippen LogP contribution in [0.1, 0.15) is 73.6 Å². The Kier molecular flexibility index (Phi) is 8.73. The van der Waals surface area contributed by atoms with Crippen molar-refractivity contribution in [2.45, 2.75) is 96.9 Å². The van der Waals surface area contributed by atoms with Crippen LogP contribution in [-0.4, -0.2) is 53.0 Å². The van der Waals surface area contributed by atoms with Crippen LogP contribution in [0.5, 0.6) is 0 Å². The maximum atomic E-state index is 12.6. The summed E-state index contributed by atoms with van der Waals surface area (Å²) in [5, 5.41) is 14.8. The number of aliphatic carboxylic acids is 1. The van der Waals surface area contributed by atoms with E-state index in [2.05, 4.69) is 10.6 Å². The van der Waals surface area contributed by atoms with Gasteiger partial charge in [0.15, 0.2) is 0 Å². The zero-order valence-corrected chi connectivity index (χ0v) is 18.0. The van der Waals surface area contributed by atoms with E-state index in [1.54, 1.807) is 41.5 Å². The van der Waals surface area contributed by atoms with Crippen molar-refractivity contribution in [3.05, 3.63) is 0 Å². The second-order valence-corrected chi connectivity index (χ2v) is 9.45. The Labute approximate surface area is 167 Å². The van der Waals surface area contributed by atoms with Crippen LogP contribution in [-0.2, 0) is 19.1 Å². The van der Waals surface area contributed by atoms with Gasteiger partial charge in [-0.1, -0.05) is 0 Å². The zero-order valence-electron chi connectivity index (χ0n) is 18.0. The van der Waals surface area contributed by atoms with Crippen LogP contribution in [0.4, 0.5) is 4.79 Å². The number of hydrogen-bond donors (Lipinski definition) is 3. The normalized spacial score (nSPS) is 21.5. The molecule has 0 aromatic rings. The molecule has 1 aliphatic rings. The monoisotopic (exact) mass is 400 g/mol. The number of carbonyl (C=O) groups is 3. The molecule has 0 bridgehead atoms. The third-order valence-electron chi connectivity index (χ3n) is 4.29. The lowest BCUT2D eigenvalue weighted by atomic mass is 9.84. The summed E-state index contributed by atoms with van der Waals surface area (Å²) < 4.78 is 10.7. The molecule has 1 rings (SSSR count). The number of hydrogen-bond acceptors (Lipinski definition) is 6. The number of amides is 1. The van der Waals surface area contributed by atoms with E-state index >= 15 is 0 Å². The molecule has 162 valence electrons. The van der Waals surface area contributed by atoms with Crippen LogP contribution < -0.4 is 10.6 Å². The molecule has 1 saturated carbocycles. The average molecular weight is 401 g/mol. The molecular formula is C20H36N2O6. The summed E-state index contributed by atoms with van der Waals surface area (Å²) in [5.74, 6) is -1.03. The topological polar surface area (TPSA) is 114 Å². The molecule has 0 saturated heterocycles. The molecule has 1 aliphatic carbocycles. The fraction of sp³-hybridized carbons (Fsp3) is 0.850. The van der Waals surface area contributed by atoms with E-state index in [0.717, 1.165) is 25.7 Å². The van der Waals surface area contributed by atoms with E-state index in [1.807, 2.05) is 0 Å². The van der Waals surface area contributed by atoms with Crippen molar-refractivity contribution in [3.8, 4) is 0 Å². The van der Waals surface area contributed by atoms with Gasteiger partial charge in [-0.05, 0) is 73.1 Å². The Morgan fingerprint density at radius 1 is 0.964 bits per heavy atom. The molecule has 1 amide bonds. The van der Waals surface area contributed by atoms with Gasteiger partial charge in [0.2, 0.25) is 0 Å². The first-order chi connectivity index (χ1) is 12.7. The van der Waals surface area contributed by atoms with Crippen molar-refractivity contribution < 1.29 is 29.0 Å². The van der Waals surface area contributed by atoms with Gasteiger partial charge in [0.05, 0.1) is 0 Å². The van der Waals surface area contributed by atoms with Crippen molar-refractivity contribution in [2.24, 2.45) is 5.92 Å². The Morgan fingerprint density at radius 3 is 1.96 bits per heavy atom. The Balaban J connectivity index is 2.64. The summed E-state index contributed by atoms with van der Waals surface area (Å²) >= 11 is 0. The van der Waals surface area contributed by atoms with Gasteiger partial charge in [-0.25, -0.2) is 4.79 Å². The Morgan fingerprint density at radius 2 is 1.50 bits per heavy atom. The summed E-state index contributed by atoms with van der Waals surface area (Å²) in [6.07, 6.45) is 2.75. The van der Waals surface area contributed by atoms with Crippen molar-refractivity contribution in [2.75, 3.05) is 6.54 Å². The summed E-state index contributed by atoms with van der Waals surface area (Å²) in [4.78, 5) is 35.4. The molecule has 0 aromatic heterocycles. The minimum atomic E-state index is -0.774. The lowest BCUT2D eigenvalue weighted by molar-refractivity contribution is -0.157. The maximum Gasteiger partial charge on any atom is 0.407 e. The number of esters is 1. The first kappa shape index (κ1) is 24.2. The van der Waals surface area contributed by atoms with Gasteiger partial charge in [0, 0.05) is 19.0 Å². The first-order valence-corrected chi connectivity index (χ1v) is 9.93. The van der Waals surface area contributed by atoms with Crippen molar-refractivity contribution in [1.82, 2.24) is 10.6 Å². The van der Waals surface area contributed by atoms with Crippen LogP contribution in [0.25, 0.3) is 0 Å². The number of carboxylic acids is 1.